The molecule has 0 aromatic carbocycles. The van der Waals surface area contributed by atoms with E-state index in [4.69, 9.17) is 4.74 Å². The van der Waals surface area contributed by atoms with E-state index >= 15 is 0 Å². The largest absolute Gasteiger partial charge is 0.386 e. The smallest absolute Gasteiger partial charge is 0.0975 e. The molecule has 0 aliphatic heterocycles. The van der Waals surface area contributed by atoms with Gasteiger partial charge in [0.25, 0.3) is 0 Å². The van der Waals surface area contributed by atoms with E-state index in [1.165, 1.54) is 19.3 Å². The van der Waals surface area contributed by atoms with Crippen molar-refractivity contribution in [3.63, 3.8) is 0 Å². The first-order valence-corrected chi connectivity index (χ1v) is 6.15. The van der Waals surface area contributed by atoms with E-state index < -0.39 is 5.60 Å². The lowest BCUT2D eigenvalue weighted by atomic mass is 9.83. The minimum absolute atomic E-state index is 0.437. The highest BCUT2D eigenvalue weighted by Crippen LogP contribution is 2.29. The molecule has 0 radical (unpaired) electrons. The number of aliphatic hydroxyl groups is 1. The molecular formula is C12H25NO2. The van der Waals surface area contributed by atoms with Crippen LogP contribution in [0.3, 0.4) is 0 Å². The maximum atomic E-state index is 9.89. The van der Waals surface area contributed by atoms with Crippen LogP contribution < -0.4 is 5.32 Å². The monoisotopic (exact) mass is 215 g/mol. The number of ether oxygens (including phenoxy) is 1. The van der Waals surface area contributed by atoms with Gasteiger partial charge >= 0.3 is 0 Å². The first-order valence-electron chi connectivity index (χ1n) is 6.15. The van der Waals surface area contributed by atoms with Gasteiger partial charge in [-0.15, -0.1) is 0 Å². The fraction of sp³-hybridized carbons (Fsp3) is 1.00. The predicted octanol–water partition coefficient (Wildman–Crippen LogP) is 1.55. The topological polar surface area (TPSA) is 41.5 Å². The molecule has 0 saturated heterocycles. The Kier molecular flexibility index (Phi) is 5.58. The van der Waals surface area contributed by atoms with Gasteiger partial charge in [0.1, 0.15) is 0 Å². The van der Waals surface area contributed by atoms with Gasteiger partial charge in [-0.3, -0.25) is 0 Å². The average molecular weight is 215 g/mol. The van der Waals surface area contributed by atoms with Gasteiger partial charge in [0.15, 0.2) is 0 Å². The standard InChI is InChI=1S/C12H25NO2/c1-3-13-9-12(2,14)10-15-8-7-11-5-4-6-11/h11,13-14H,3-10H2,1-2H3. The number of rotatable bonds is 8. The Morgan fingerprint density at radius 3 is 2.73 bits per heavy atom. The highest BCUT2D eigenvalue weighted by Gasteiger charge is 2.21. The van der Waals surface area contributed by atoms with Crippen LogP contribution in [0.1, 0.15) is 39.5 Å². The summed E-state index contributed by atoms with van der Waals surface area (Å²) in [6.45, 7) is 6.58. The van der Waals surface area contributed by atoms with Crippen molar-refractivity contribution in [1.82, 2.24) is 5.32 Å². The van der Waals surface area contributed by atoms with Crippen LogP contribution in [0.25, 0.3) is 0 Å². The molecule has 3 nitrogen and oxygen atoms in total. The van der Waals surface area contributed by atoms with Gasteiger partial charge in [-0.1, -0.05) is 26.2 Å². The Hall–Kier alpha value is -0.120. The summed E-state index contributed by atoms with van der Waals surface area (Å²) in [5, 5.41) is 13.0. The fourth-order valence-corrected chi connectivity index (χ4v) is 1.77. The Bertz CT molecular complexity index is 167. The van der Waals surface area contributed by atoms with Crippen LogP contribution in [-0.4, -0.2) is 37.0 Å². The van der Waals surface area contributed by atoms with Gasteiger partial charge in [0.2, 0.25) is 0 Å². The average Bonchev–Trinajstić information content (AvgIpc) is 2.11. The molecule has 0 heterocycles. The Morgan fingerprint density at radius 2 is 2.20 bits per heavy atom. The lowest BCUT2D eigenvalue weighted by Gasteiger charge is -2.27. The lowest BCUT2D eigenvalue weighted by molar-refractivity contribution is -0.0363. The number of hydrogen-bond donors (Lipinski definition) is 2. The van der Waals surface area contributed by atoms with Crippen molar-refractivity contribution in [2.45, 2.75) is 45.1 Å². The van der Waals surface area contributed by atoms with Gasteiger partial charge in [0.05, 0.1) is 12.2 Å². The van der Waals surface area contributed by atoms with Crippen molar-refractivity contribution in [2.24, 2.45) is 5.92 Å². The third-order valence-corrected chi connectivity index (χ3v) is 3.06. The van der Waals surface area contributed by atoms with Crippen molar-refractivity contribution < 1.29 is 9.84 Å². The summed E-state index contributed by atoms with van der Waals surface area (Å²) in [6, 6.07) is 0. The van der Waals surface area contributed by atoms with E-state index in [1.807, 2.05) is 13.8 Å². The van der Waals surface area contributed by atoms with E-state index in [9.17, 15) is 5.11 Å². The molecule has 3 heteroatoms. The number of hydrogen-bond acceptors (Lipinski definition) is 3. The molecule has 1 saturated carbocycles. The summed E-state index contributed by atoms with van der Waals surface area (Å²) in [6.07, 6.45) is 5.30. The quantitative estimate of drug-likeness (QED) is 0.604. The molecule has 0 aromatic rings. The van der Waals surface area contributed by atoms with Crippen molar-refractivity contribution >= 4 is 0 Å². The van der Waals surface area contributed by atoms with Crippen LogP contribution in [0, 0.1) is 5.92 Å². The predicted molar refractivity (Wildman–Crippen MR) is 61.9 cm³/mol. The minimum Gasteiger partial charge on any atom is -0.386 e. The Morgan fingerprint density at radius 1 is 1.47 bits per heavy atom. The SMILES string of the molecule is CCNCC(C)(O)COCCC1CCC1. The molecule has 0 spiro atoms. The zero-order valence-electron chi connectivity index (χ0n) is 10.1. The van der Waals surface area contributed by atoms with Crippen molar-refractivity contribution in [3.05, 3.63) is 0 Å². The van der Waals surface area contributed by atoms with Crippen molar-refractivity contribution in [2.75, 3.05) is 26.3 Å². The van der Waals surface area contributed by atoms with E-state index in [-0.39, 0.29) is 0 Å². The normalized spacial score (nSPS) is 21.0. The molecule has 1 aliphatic carbocycles. The number of nitrogens with one attached hydrogen (secondary N) is 1. The van der Waals surface area contributed by atoms with E-state index in [0.29, 0.717) is 13.2 Å². The van der Waals surface area contributed by atoms with Crippen LogP contribution in [0.15, 0.2) is 0 Å². The van der Waals surface area contributed by atoms with Crippen molar-refractivity contribution in [1.29, 1.82) is 0 Å². The molecule has 1 aliphatic rings. The van der Waals surface area contributed by atoms with E-state index in [2.05, 4.69) is 5.32 Å². The van der Waals surface area contributed by atoms with E-state index in [1.54, 1.807) is 0 Å². The highest BCUT2D eigenvalue weighted by atomic mass is 16.5. The molecule has 0 aromatic heterocycles. The van der Waals surface area contributed by atoms with Gasteiger partial charge in [-0.25, -0.2) is 0 Å². The molecule has 1 rings (SSSR count). The van der Waals surface area contributed by atoms with Crippen LogP contribution in [0.5, 0.6) is 0 Å². The zero-order valence-corrected chi connectivity index (χ0v) is 10.1. The van der Waals surface area contributed by atoms with Crippen LogP contribution in [0.2, 0.25) is 0 Å². The third-order valence-electron chi connectivity index (χ3n) is 3.06. The van der Waals surface area contributed by atoms with E-state index in [0.717, 1.165) is 25.5 Å². The second kappa shape index (κ2) is 6.46. The van der Waals surface area contributed by atoms with Crippen LogP contribution in [-0.2, 0) is 4.74 Å². The third kappa shape index (κ3) is 5.50. The summed E-state index contributed by atoms with van der Waals surface area (Å²) in [4.78, 5) is 0. The van der Waals surface area contributed by atoms with Gasteiger partial charge in [-0.2, -0.15) is 0 Å². The molecule has 0 amide bonds. The van der Waals surface area contributed by atoms with Crippen LogP contribution in [0.4, 0.5) is 0 Å². The molecule has 90 valence electrons. The minimum atomic E-state index is -0.727. The summed E-state index contributed by atoms with van der Waals surface area (Å²) in [5.41, 5.74) is -0.727. The van der Waals surface area contributed by atoms with Gasteiger partial charge in [0, 0.05) is 13.2 Å². The molecule has 1 unspecified atom stereocenters. The first-order chi connectivity index (χ1) is 7.14. The summed E-state index contributed by atoms with van der Waals surface area (Å²) >= 11 is 0. The summed E-state index contributed by atoms with van der Waals surface area (Å²) < 4.78 is 5.51. The molecule has 2 N–H and O–H groups in total. The van der Waals surface area contributed by atoms with Crippen molar-refractivity contribution in [3.8, 4) is 0 Å². The fourth-order valence-electron chi connectivity index (χ4n) is 1.77. The molecular weight excluding hydrogens is 190 g/mol. The van der Waals surface area contributed by atoms with Gasteiger partial charge in [-0.05, 0) is 25.8 Å². The zero-order chi connectivity index (χ0) is 11.1. The number of likely N-dealkylation sites (N-methyl/N-ethyl adjacent to an activating group) is 1. The first kappa shape index (κ1) is 12.9. The Balaban J connectivity index is 1.96. The van der Waals surface area contributed by atoms with Crippen LogP contribution >= 0.6 is 0 Å². The summed E-state index contributed by atoms with van der Waals surface area (Å²) in [5.74, 6) is 0.892. The molecule has 1 atom stereocenters. The molecule has 1 fully saturated rings. The maximum Gasteiger partial charge on any atom is 0.0975 e. The summed E-state index contributed by atoms with van der Waals surface area (Å²) in [7, 11) is 0. The molecule has 15 heavy (non-hydrogen) atoms. The second-order valence-corrected chi connectivity index (χ2v) is 4.92. The maximum absolute atomic E-state index is 9.89. The van der Waals surface area contributed by atoms with Gasteiger partial charge < -0.3 is 15.2 Å². The highest BCUT2D eigenvalue weighted by molar-refractivity contribution is 4.75. The second-order valence-electron chi connectivity index (χ2n) is 4.92. The molecule has 0 bridgehead atoms. The Labute approximate surface area is 93.2 Å². The lowest BCUT2D eigenvalue weighted by Crippen LogP contribution is -2.42.